The van der Waals surface area contributed by atoms with Crippen molar-refractivity contribution in [1.29, 1.82) is 0 Å². The number of carbonyl (C=O) groups is 1. The Morgan fingerprint density at radius 3 is 2.95 bits per heavy atom. The number of hydrogen-bond donors (Lipinski definition) is 3. The van der Waals surface area contributed by atoms with Gasteiger partial charge in [0.05, 0.1) is 19.8 Å². The lowest BCUT2D eigenvalue weighted by Gasteiger charge is -2.16. The number of aliphatic hydroxyl groups excluding tert-OH is 1. The average molecular weight is 267 g/mol. The van der Waals surface area contributed by atoms with Crippen LogP contribution in [0.1, 0.15) is 5.56 Å². The molecule has 1 saturated heterocycles. The van der Waals surface area contributed by atoms with Crippen LogP contribution in [0.5, 0.6) is 5.75 Å². The van der Waals surface area contributed by atoms with E-state index < -0.39 is 24.2 Å². The van der Waals surface area contributed by atoms with Crippen molar-refractivity contribution < 1.29 is 24.5 Å². The molecule has 3 atom stereocenters. The number of aliphatic carboxylic acids is 1. The van der Waals surface area contributed by atoms with Crippen LogP contribution in [-0.2, 0) is 16.1 Å². The summed E-state index contributed by atoms with van der Waals surface area (Å²) in [7, 11) is 1.59. The Balaban J connectivity index is 1.90. The largest absolute Gasteiger partial charge is 0.497 e. The number of carboxylic acids is 1. The monoisotopic (exact) mass is 267 g/mol. The van der Waals surface area contributed by atoms with Crippen LogP contribution >= 0.6 is 0 Å². The van der Waals surface area contributed by atoms with Gasteiger partial charge in [0.25, 0.3) is 0 Å². The summed E-state index contributed by atoms with van der Waals surface area (Å²) in [5.41, 5.74) is 0.908. The third-order valence-electron chi connectivity index (χ3n) is 3.13. The van der Waals surface area contributed by atoms with Crippen LogP contribution in [0, 0.1) is 0 Å². The lowest BCUT2D eigenvalue weighted by Crippen LogP contribution is -2.40. The van der Waals surface area contributed by atoms with Gasteiger partial charge in [0.15, 0.2) is 0 Å². The molecule has 1 fully saturated rings. The van der Waals surface area contributed by atoms with Crippen LogP contribution < -0.4 is 10.1 Å². The molecule has 1 aliphatic heterocycles. The first-order valence-corrected chi connectivity index (χ1v) is 6.00. The van der Waals surface area contributed by atoms with Crippen LogP contribution in [0.2, 0.25) is 0 Å². The van der Waals surface area contributed by atoms with Crippen molar-refractivity contribution in [2.75, 3.05) is 13.7 Å². The maximum absolute atomic E-state index is 10.8. The van der Waals surface area contributed by atoms with E-state index >= 15 is 0 Å². The van der Waals surface area contributed by atoms with Crippen LogP contribution in [0.4, 0.5) is 0 Å². The zero-order valence-corrected chi connectivity index (χ0v) is 10.6. The Morgan fingerprint density at radius 1 is 1.53 bits per heavy atom. The summed E-state index contributed by atoms with van der Waals surface area (Å²) in [6.07, 6.45) is -1.56. The van der Waals surface area contributed by atoms with Crippen LogP contribution in [0.15, 0.2) is 24.3 Å². The average Bonchev–Trinajstić information content (AvgIpc) is 2.78. The van der Waals surface area contributed by atoms with Gasteiger partial charge in [0.1, 0.15) is 17.9 Å². The minimum atomic E-state index is -1.07. The van der Waals surface area contributed by atoms with Gasteiger partial charge in [0, 0.05) is 6.54 Å². The molecule has 19 heavy (non-hydrogen) atoms. The number of methoxy groups -OCH3 is 1. The second kappa shape index (κ2) is 6.01. The minimum Gasteiger partial charge on any atom is -0.497 e. The van der Waals surface area contributed by atoms with Crippen LogP contribution in [0.25, 0.3) is 0 Å². The fourth-order valence-electron chi connectivity index (χ4n) is 2.06. The Bertz CT molecular complexity index is 450. The number of ether oxygens (including phenoxy) is 2. The molecule has 1 aliphatic rings. The molecule has 6 heteroatoms. The topological polar surface area (TPSA) is 88.0 Å². The first-order valence-electron chi connectivity index (χ1n) is 6.00. The third-order valence-corrected chi connectivity index (χ3v) is 3.13. The Hall–Kier alpha value is -1.63. The summed E-state index contributed by atoms with van der Waals surface area (Å²) in [6, 6.07) is 6.43. The molecule has 1 heterocycles. The van der Waals surface area contributed by atoms with E-state index in [0.29, 0.717) is 13.2 Å². The van der Waals surface area contributed by atoms with Crippen LogP contribution in [-0.4, -0.2) is 48.1 Å². The number of benzene rings is 1. The van der Waals surface area contributed by atoms with Crippen molar-refractivity contribution in [1.82, 2.24) is 5.32 Å². The predicted molar refractivity (Wildman–Crippen MR) is 67.0 cm³/mol. The van der Waals surface area contributed by atoms with Crippen molar-refractivity contribution in [3.05, 3.63) is 29.8 Å². The third kappa shape index (κ3) is 3.23. The SMILES string of the molecule is COc1cccc(CO[C@H]2CN[C@H](C(=O)O)[C@@H]2O)c1. The van der Waals surface area contributed by atoms with E-state index in [1.807, 2.05) is 24.3 Å². The highest BCUT2D eigenvalue weighted by Crippen LogP contribution is 2.17. The summed E-state index contributed by atoms with van der Waals surface area (Å²) < 4.78 is 10.7. The van der Waals surface area contributed by atoms with E-state index in [0.717, 1.165) is 11.3 Å². The summed E-state index contributed by atoms with van der Waals surface area (Å²) in [4.78, 5) is 10.8. The molecule has 1 aromatic rings. The molecule has 0 bridgehead atoms. The highest BCUT2D eigenvalue weighted by Gasteiger charge is 2.39. The summed E-state index contributed by atoms with van der Waals surface area (Å²) >= 11 is 0. The van der Waals surface area contributed by atoms with E-state index in [2.05, 4.69) is 5.32 Å². The van der Waals surface area contributed by atoms with Gasteiger partial charge in [-0.1, -0.05) is 12.1 Å². The summed E-state index contributed by atoms with van der Waals surface area (Å²) in [5, 5.41) is 21.4. The molecule has 104 valence electrons. The normalized spacial score (nSPS) is 26.3. The molecule has 0 aromatic heterocycles. The fraction of sp³-hybridized carbons (Fsp3) is 0.462. The second-order valence-electron chi connectivity index (χ2n) is 4.42. The van der Waals surface area contributed by atoms with Crippen molar-refractivity contribution in [2.24, 2.45) is 0 Å². The van der Waals surface area contributed by atoms with Gasteiger partial charge >= 0.3 is 5.97 Å². The molecule has 1 aromatic carbocycles. The van der Waals surface area contributed by atoms with Crippen molar-refractivity contribution in [2.45, 2.75) is 24.9 Å². The highest BCUT2D eigenvalue weighted by atomic mass is 16.5. The second-order valence-corrected chi connectivity index (χ2v) is 4.42. The van der Waals surface area contributed by atoms with Crippen molar-refractivity contribution >= 4 is 5.97 Å². The summed E-state index contributed by atoms with van der Waals surface area (Å²) in [5.74, 6) is -0.338. The smallest absolute Gasteiger partial charge is 0.323 e. The van der Waals surface area contributed by atoms with E-state index in [4.69, 9.17) is 14.6 Å². The Kier molecular flexibility index (Phi) is 4.36. The lowest BCUT2D eigenvalue weighted by molar-refractivity contribution is -0.142. The quantitative estimate of drug-likeness (QED) is 0.696. The van der Waals surface area contributed by atoms with Crippen LogP contribution in [0.3, 0.4) is 0 Å². The molecular weight excluding hydrogens is 250 g/mol. The number of carboxylic acid groups (broad SMARTS) is 1. The molecular formula is C13H17NO5. The fourth-order valence-corrected chi connectivity index (χ4v) is 2.06. The molecule has 0 amide bonds. The van der Waals surface area contributed by atoms with E-state index in [1.165, 1.54) is 0 Å². The zero-order valence-electron chi connectivity index (χ0n) is 10.6. The maximum Gasteiger partial charge on any atom is 0.323 e. The first kappa shape index (κ1) is 13.8. The lowest BCUT2D eigenvalue weighted by atomic mass is 10.1. The van der Waals surface area contributed by atoms with Gasteiger partial charge in [0.2, 0.25) is 0 Å². The molecule has 0 unspecified atom stereocenters. The van der Waals surface area contributed by atoms with Gasteiger partial charge in [-0.2, -0.15) is 0 Å². The highest BCUT2D eigenvalue weighted by molar-refractivity contribution is 5.74. The van der Waals surface area contributed by atoms with Crippen molar-refractivity contribution in [3.63, 3.8) is 0 Å². The van der Waals surface area contributed by atoms with Gasteiger partial charge < -0.3 is 19.7 Å². The predicted octanol–water partition coefficient (Wildman–Crippen LogP) is -0.00230. The Labute approximate surface area is 111 Å². The number of aliphatic hydroxyl groups is 1. The maximum atomic E-state index is 10.8. The van der Waals surface area contributed by atoms with E-state index in [9.17, 15) is 9.90 Å². The molecule has 6 nitrogen and oxygen atoms in total. The standard InChI is InChI=1S/C13H17NO5/c1-18-9-4-2-3-8(5-9)7-19-10-6-14-11(12(10)15)13(16)17/h2-5,10-12,14-15H,6-7H2,1H3,(H,16,17)/t10-,11-,12+/m0/s1. The summed E-state index contributed by atoms with van der Waals surface area (Å²) in [6.45, 7) is 0.620. The molecule has 2 rings (SSSR count). The number of rotatable bonds is 5. The zero-order chi connectivity index (χ0) is 13.8. The molecule has 0 saturated carbocycles. The van der Waals surface area contributed by atoms with E-state index in [1.54, 1.807) is 7.11 Å². The minimum absolute atomic E-state index is 0.299. The molecule has 0 spiro atoms. The molecule has 3 N–H and O–H groups in total. The van der Waals surface area contributed by atoms with E-state index in [-0.39, 0.29) is 0 Å². The number of hydrogen-bond acceptors (Lipinski definition) is 5. The number of nitrogens with one attached hydrogen (secondary N) is 1. The van der Waals surface area contributed by atoms with Crippen molar-refractivity contribution in [3.8, 4) is 5.75 Å². The Morgan fingerprint density at radius 2 is 2.32 bits per heavy atom. The van der Waals surface area contributed by atoms with Gasteiger partial charge in [-0.15, -0.1) is 0 Å². The van der Waals surface area contributed by atoms with Gasteiger partial charge in [-0.05, 0) is 17.7 Å². The molecule has 0 aliphatic carbocycles. The first-order chi connectivity index (χ1) is 9.11. The molecule has 0 radical (unpaired) electrons. The van der Waals surface area contributed by atoms with Gasteiger partial charge in [-0.3, -0.25) is 10.1 Å². The van der Waals surface area contributed by atoms with Gasteiger partial charge in [-0.25, -0.2) is 0 Å².